The number of aryl methyl sites for hydroxylation is 1. The van der Waals surface area contributed by atoms with Crippen LogP contribution >= 0.6 is 0 Å². The van der Waals surface area contributed by atoms with Gasteiger partial charge in [0.05, 0.1) is 13.2 Å². The summed E-state index contributed by atoms with van der Waals surface area (Å²) in [6, 6.07) is 3.78. The van der Waals surface area contributed by atoms with E-state index in [1.54, 1.807) is 11.8 Å². The van der Waals surface area contributed by atoms with Crippen LogP contribution in [0.3, 0.4) is 0 Å². The molecule has 1 amide bonds. The minimum Gasteiger partial charge on any atom is -0.464 e. The van der Waals surface area contributed by atoms with Gasteiger partial charge in [-0.3, -0.25) is 4.90 Å². The Bertz CT molecular complexity index is 374. The van der Waals surface area contributed by atoms with Crippen LogP contribution in [-0.2, 0) is 11.3 Å². The Balaban J connectivity index is 2.61. The smallest absolute Gasteiger partial charge is 0.410 e. The predicted octanol–water partition coefficient (Wildman–Crippen LogP) is 2.11. The molecule has 0 aliphatic heterocycles. The third-order valence-electron chi connectivity index (χ3n) is 2.49. The van der Waals surface area contributed by atoms with E-state index in [4.69, 9.17) is 9.15 Å². The van der Waals surface area contributed by atoms with Crippen LogP contribution in [-0.4, -0.2) is 49.7 Å². The molecule has 1 heterocycles. The number of ether oxygens (including phenoxy) is 1. The maximum absolute atomic E-state index is 11.8. The number of amides is 1. The molecule has 0 aliphatic rings. The summed E-state index contributed by atoms with van der Waals surface area (Å²) < 4.78 is 10.5. The number of rotatable bonds is 6. The first-order valence-corrected chi connectivity index (χ1v) is 6.14. The second-order valence-electron chi connectivity index (χ2n) is 4.44. The minimum atomic E-state index is -0.298. The molecule has 0 unspecified atom stereocenters. The fourth-order valence-electron chi connectivity index (χ4n) is 1.53. The summed E-state index contributed by atoms with van der Waals surface area (Å²) >= 11 is 0. The van der Waals surface area contributed by atoms with Gasteiger partial charge in [0.1, 0.15) is 11.5 Å². The van der Waals surface area contributed by atoms with Crippen LogP contribution in [0, 0.1) is 6.92 Å². The number of hydrogen-bond acceptors (Lipinski definition) is 4. The molecule has 0 saturated carbocycles. The van der Waals surface area contributed by atoms with Crippen molar-refractivity contribution in [1.29, 1.82) is 0 Å². The van der Waals surface area contributed by atoms with E-state index in [1.165, 1.54) is 0 Å². The molecule has 5 heteroatoms. The zero-order valence-electron chi connectivity index (χ0n) is 11.6. The molecule has 0 aromatic carbocycles. The predicted molar refractivity (Wildman–Crippen MR) is 69.4 cm³/mol. The second kappa shape index (κ2) is 7.06. The Morgan fingerprint density at radius 3 is 2.56 bits per heavy atom. The van der Waals surface area contributed by atoms with E-state index in [0.29, 0.717) is 19.7 Å². The Morgan fingerprint density at radius 1 is 1.33 bits per heavy atom. The lowest BCUT2D eigenvalue weighted by molar-refractivity contribution is 0.0986. The number of nitrogens with zero attached hydrogens (tertiary/aromatic N) is 2. The molecular weight excluding hydrogens is 232 g/mol. The third-order valence-corrected chi connectivity index (χ3v) is 2.49. The summed E-state index contributed by atoms with van der Waals surface area (Å²) in [6.45, 7) is 5.93. The highest BCUT2D eigenvalue weighted by Gasteiger charge is 2.16. The normalized spacial score (nSPS) is 10.7. The summed E-state index contributed by atoms with van der Waals surface area (Å²) in [5.74, 6) is 1.63. The van der Waals surface area contributed by atoms with Crippen molar-refractivity contribution in [1.82, 2.24) is 9.80 Å². The average molecular weight is 254 g/mol. The molecule has 0 radical (unpaired) electrons. The van der Waals surface area contributed by atoms with E-state index in [1.807, 2.05) is 38.1 Å². The summed E-state index contributed by atoms with van der Waals surface area (Å²) in [4.78, 5) is 15.5. The topological polar surface area (TPSA) is 45.9 Å². The number of likely N-dealkylation sites (N-methyl/N-ethyl adjacent to an activating group) is 1. The average Bonchev–Trinajstić information content (AvgIpc) is 2.70. The molecule has 0 atom stereocenters. The van der Waals surface area contributed by atoms with Crippen molar-refractivity contribution in [2.75, 3.05) is 33.8 Å². The molecule has 0 aliphatic carbocycles. The van der Waals surface area contributed by atoms with Crippen LogP contribution in [0.1, 0.15) is 18.4 Å². The van der Waals surface area contributed by atoms with E-state index in [2.05, 4.69) is 0 Å². The van der Waals surface area contributed by atoms with Gasteiger partial charge < -0.3 is 14.1 Å². The third kappa shape index (κ3) is 4.79. The second-order valence-corrected chi connectivity index (χ2v) is 4.44. The highest BCUT2D eigenvalue weighted by Crippen LogP contribution is 2.10. The molecule has 0 spiro atoms. The van der Waals surface area contributed by atoms with Crippen LogP contribution in [0.5, 0.6) is 0 Å². The first-order valence-electron chi connectivity index (χ1n) is 6.14. The standard InChI is InChI=1S/C13H22N2O3/c1-5-17-13(16)15(9-8-14(3)4)10-12-7-6-11(2)18-12/h6-7H,5,8-10H2,1-4H3. The van der Waals surface area contributed by atoms with E-state index < -0.39 is 0 Å². The largest absolute Gasteiger partial charge is 0.464 e. The van der Waals surface area contributed by atoms with Crippen molar-refractivity contribution in [3.8, 4) is 0 Å². The fraction of sp³-hybridized carbons (Fsp3) is 0.615. The highest BCUT2D eigenvalue weighted by molar-refractivity contribution is 5.67. The monoisotopic (exact) mass is 254 g/mol. The molecule has 0 fully saturated rings. The van der Waals surface area contributed by atoms with Crippen LogP contribution in [0.25, 0.3) is 0 Å². The molecular formula is C13H22N2O3. The van der Waals surface area contributed by atoms with Gasteiger partial charge in [0.25, 0.3) is 0 Å². The van der Waals surface area contributed by atoms with Gasteiger partial charge in [-0.25, -0.2) is 4.79 Å². The van der Waals surface area contributed by atoms with Gasteiger partial charge in [0.2, 0.25) is 0 Å². The quantitative estimate of drug-likeness (QED) is 0.780. The van der Waals surface area contributed by atoms with Gasteiger partial charge in [-0.15, -0.1) is 0 Å². The number of carbonyl (C=O) groups excluding carboxylic acids is 1. The fourth-order valence-corrected chi connectivity index (χ4v) is 1.53. The Hall–Kier alpha value is -1.49. The Morgan fingerprint density at radius 2 is 2.06 bits per heavy atom. The van der Waals surface area contributed by atoms with Gasteiger partial charge in [-0.05, 0) is 40.1 Å². The van der Waals surface area contributed by atoms with E-state index >= 15 is 0 Å². The van der Waals surface area contributed by atoms with Crippen molar-refractivity contribution < 1.29 is 13.9 Å². The number of carbonyl (C=O) groups is 1. The molecule has 0 N–H and O–H groups in total. The molecule has 1 aromatic heterocycles. The van der Waals surface area contributed by atoms with Gasteiger partial charge >= 0.3 is 6.09 Å². The first kappa shape index (κ1) is 14.6. The lowest BCUT2D eigenvalue weighted by Gasteiger charge is -2.22. The highest BCUT2D eigenvalue weighted by atomic mass is 16.6. The van der Waals surface area contributed by atoms with Crippen molar-refractivity contribution in [2.45, 2.75) is 20.4 Å². The molecule has 1 aromatic rings. The Labute approximate surface area is 108 Å². The molecule has 5 nitrogen and oxygen atoms in total. The SMILES string of the molecule is CCOC(=O)N(CCN(C)C)Cc1ccc(C)o1. The molecule has 102 valence electrons. The van der Waals surface area contributed by atoms with Gasteiger partial charge in [0.15, 0.2) is 0 Å². The van der Waals surface area contributed by atoms with E-state index in [0.717, 1.165) is 18.1 Å². The van der Waals surface area contributed by atoms with Crippen LogP contribution in [0.15, 0.2) is 16.5 Å². The summed E-state index contributed by atoms with van der Waals surface area (Å²) in [5.41, 5.74) is 0. The van der Waals surface area contributed by atoms with Crippen molar-refractivity contribution in [2.24, 2.45) is 0 Å². The van der Waals surface area contributed by atoms with Gasteiger partial charge in [-0.1, -0.05) is 0 Å². The summed E-state index contributed by atoms with van der Waals surface area (Å²) in [5, 5.41) is 0. The summed E-state index contributed by atoms with van der Waals surface area (Å²) in [7, 11) is 3.95. The summed E-state index contributed by atoms with van der Waals surface area (Å²) in [6.07, 6.45) is -0.298. The number of hydrogen-bond donors (Lipinski definition) is 0. The van der Waals surface area contributed by atoms with Gasteiger partial charge in [0, 0.05) is 13.1 Å². The first-order chi connectivity index (χ1) is 8.52. The minimum absolute atomic E-state index is 0.298. The molecule has 1 rings (SSSR count). The lowest BCUT2D eigenvalue weighted by atomic mass is 10.4. The van der Waals surface area contributed by atoms with Crippen LogP contribution in [0.4, 0.5) is 4.79 Å². The van der Waals surface area contributed by atoms with Gasteiger partial charge in [-0.2, -0.15) is 0 Å². The molecule has 0 saturated heterocycles. The Kier molecular flexibility index (Phi) is 5.71. The maximum Gasteiger partial charge on any atom is 0.410 e. The number of furan rings is 1. The van der Waals surface area contributed by atoms with Crippen molar-refractivity contribution >= 4 is 6.09 Å². The van der Waals surface area contributed by atoms with Crippen LogP contribution < -0.4 is 0 Å². The van der Waals surface area contributed by atoms with E-state index in [-0.39, 0.29) is 6.09 Å². The maximum atomic E-state index is 11.8. The molecule has 0 bridgehead atoms. The zero-order chi connectivity index (χ0) is 13.5. The van der Waals surface area contributed by atoms with Crippen molar-refractivity contribution in [3.63, 3.8) is 0 Å². The lowest BCUT2D eigenvalue weighted by Crippen LogP contribution is -2.36. The molecule has 18 heavy (non-hydrogen) atoms. The van der Waals surface area contributed by atoms with E-state index in [9.17, 15) is 4.79 Å². The van der Waals surface area contributed by atoms with Crippen LogP contribution in [0.2, 0.25) is 0 Å². The zero-order valence-corrected chi connectivity index (χ0v) is 11.6. The van der Waals surface area contributed by atoms with Crippen molar-refractivity contribution in [3.05, 3.63) is 23.7 Å².